The van der Waals surface area contributed by atoms with Gasteiger partial charge in [-0.1, -0.05) is 0 Å². The molecule has 1 rings (SSSR count). The molecule has 0 radical (unpaired) electrons. The van der Waals surface area contributed by atoms with Crippen LogP contribution in [0.25, 0.3) is 0 Å². The molecular weight excluding hydrogens is 295 g/mol. The van der Waals surface area contributed by atoms with Crippen LogP contribution >= 0.6 is 43.6 Å². The van der Waals surface area contributed by atoms with Gasteiger partial charge in [0.25, 0.3) is 0 Å². The van der Waals surface area contributed by atoms with Crippen LogP contribution in [0.5, 0.6) is 0 Å². The second-order valence-corrected chi connectivity index (χ2v) is 4.46. The summed E-state index contributed by atoms with van der Waals surface area (Å²) in [6, 6.07) is 3.21. The lowest BCUT2D eigenvalue weighted by atomic mass is 10.3. The van der Waals surface area contributed by atoms with Gasteiger partial charge < -0.3 is 0 Å². The molecule has 1 aromatic carbocycles. The summed E-state index contributed by atoms with van der Waals surface area (Å²) in [6.07, 6.45) is 1.91. The zero-order valence-electron chi connectivity index (χ0n) is 5.70. The molecule has 0 fully saturated rings. The molecule has 0 nitrogen and oxygen atoms in total. The summed E-state index contributed by atoms with van der Waals surface area (Å²) in [5.74, 6) is -0.224. The third kappa shape index (κ3) is 2.20. The topological polar surface area (TPSA) is 0 Å². The molecule has 0 bridgehead atoms. The standard InChI is InChI=1S/C7H5Br2FS/c1-11-7-3-6(10)4(8)2-5(7)9/h2-3H,1H3. The maximum atomic E-state index is 12.9. The van der Waals surface area contributed by atoms with Crippen LogP contribution in [0.15, 0.2) is 26.0 Å². The van der Waals surface area contributed by atoms with Crippen LogP contribution in [0.1, 0.15) is 0 Å². The lowest BCUT2D eigenvalue weighted by Gasteiger charge is -2.01. The third-order valence-electron chi connectivity index (χ3n) is 1.19. The van der Waals surface area contributed by atoms with Crippen LogP contribution < -0.4 is 0 Å². The molecule has 0 unspecified atom stereocenters. The van der Waals surface area contributed by atoms with Gasteiger partial charge in [-0.3, -0.25) is 0 Å². The lowest BCUT2D eigenvalue weighted by molar-refractivity contribution is 0.617. The van der Waals surface area contributed by atoms with Crippen LogP contribution in [0.3, 0.4) is 0 Å². The Bertz CT molecular complexity index is 275. The predicted molar refractivity (Wildman–Crippen MR) is 53.6 cm³/mol. The number of hydrogen-bond acceptors (Lipinski definition) is 1. The number of halogens is 3. The van der Waals surface area contributed by atoms with Gasteiger partial charge in [-0.15, -0.1) is 11.8 Å². The molecule has 0 N–H and O–H groups in total. The summed E-state index contributed by atoms with van der Waals surface area (Å²) in [4.78, 5) is 0.908. The first kappa shape index (κ1) is 9.55. The van der Waals surface area contributed by atoms with Crippen molar-refractivity contribution in [2.24, 2.45) is 0 Å². The first-order valence-electron chi connectivity index (χ1n) is 2.83. The van der Waals surface area contributed by atoms with E-state index in [4.69, 9.17) is 0 Å². The smallest absolute Gasteiger partial charge is 0.138 e. The van der Waals surface area contributed by atoms with Crippen molar-refractivity contribution < 1.29 is 4.39 Å². The minimum atomic E-state index is -0.224. The number of thioether (sulfide) groups is 1. The Kier molecular flexibility index (Phi) is 3.40. The normalized spacial score (nSPS) is 10.2. The van der Waals surface area contributed by atoms with Gasteiger partial charge in [0, 0.05) is 9.37 Å². The van der Waals surface area contributed by atoms with Crippen molar-refractivity contribution in [1.82, 2.24) is 0 Å². The fourth-order valence-electron chi connectivity index (χ4n) is 0.661. The maximum absolute atomic E-state index is 12.9. The van der Waals surface area contributed by atoms with E-state index in [1.807, 2.05) is 6.26 Å². The van der Waals surface area contributed by atoms with Crippen molar-refractivity contribution in [2.45, 2.75) is 4.90 Å². The summed E-state index contributed by atoms with van der Waals surface area (Å²) in [7, 11) is 0. The van der Waals surface area contributed by atoms with E-state index >= 15 is 0 Å². The van der Waals surface area contributed by atoms with Crippen molar-refractivity contribution in [3.63, 3.8) is 0 Å². The molecule has 0 saturated carbocycles. The first-order chi connectivity index (χ1) is 5.15. The predicted octanol–water partition coefficient (Wildman–Crippen LogP) is 4.07. The summed E-state index contributed by atoms with van der Waals surface area (Å²) in [5, 5.41) is 0. The second kappa shape index (κ2) is 3.92. The van der Waals surface area contributed by atoms with Crippen LogP contribution in [0.4, 0.5) is 4.39 Å². The summed E-state index contributed by atoms with van der Waals surface area (Å²) in [6.45, 7) is 0. The highest BCUT2D eigenvalue weighted by molar-refractivity contribution is 9.11. The first-order valence-corrected chi connectivity index (χ1v) is 5.64. The second-order valence-electron chi connectivity index (χ2n) is 1.90. The highest BCUT2D eigenvalue weighted by atomic mass is 79.9. The third-order valence-corrected chi connectivity index (χ3v) is 3.50. The summed E-state index contributed by atoms with van der Waals surface area (Å²) >= 11 is 7.93. The molecule has 0 heterocycles. The van der Waals surface area contributed by atoms with E-state index in [9.17, 15) is 4.39 Å². The quantitative estimate of drug-likeness (QED) is 0.556. The number of benzene rings is 1. The largest absolute Gasteiger partial charge is 0.206 e. The van der Waals surface area contributed by atoms with E-state index in [0.29, 0.717) is 4.47 Å². The highest BCUT2D eigenvalue weighted by Gasteiger charge is 2.04. The molecule has 0 aromatic heterocycles. The Labute approximate surface area is 85.8 Å². The number of rotatable bonds is 1. The van der Waals surface area contributed by atoms with Gasteiger partial charge in [-0.2, -0.15) is 0 Å². The Morgan fingerprint density at radius 3 is 2.45 bits per heavy atom. The summed E-state index contributed by atoms with van der Waals surface area (Å²) < 4.78 is 14.3. The average molecular weight is 300 g/mol. The van der Waals surface area contributed by atoms with Gasteiger partial charge in [0.1, 0.15) is 5.82 Å². The minimum absolute atomic E-state index is 0.224. The van der Waals surface area contributed by atoms with E-state index in [1.54, 1.807) is 6.07 Å². The molecule has 0 aliphatic rings. The van der Waals surface area contributed by atoms with Gasteiger partial charge in [-0.25, -0.2) is 4.39 Å². The van der Waals surface area contributed by atoms with Crippen LogP contribution in [-0.2, 0) is 0 Å². The molecule has 60 valence electrons. The van der Waals surface area contributed by atoms with Crippen molar-refractivity contribution in [1.29, 1.82) is 0 Å². The SMILES string of the molecule is CSc1cc(F)c(Br)cc1Br. The number of hydrogen-bond donors (Lipinski definition) is 0. The molecular formula is C7H5Br2FS. The zero-order valence-corrected chi connectivity index (χ0v) is 9.69. The Hall–Kier alpha value is 0.460. The van der Waals surface area contributed by atoms with Crippen LogP contribution in [0, 0.1) is 5.82 Å². The Morgan fingerprint density at radius 2 is 1.91 bits per heavy atom. The van der Waals surface area contributed by atoms with Crippen molar-refractivity contribution in [3.8, 4) is 0 Å². The van der Waals surface area contributed by atoms with Gasteiger partial charge in [-0.05, 0) is 50.2 Å². The van der Waals surface area contributed by atoms with Gasteiger partial charge in [0.2, 0.25) is 0 Å². The molecule has 0 aliphatic heterocycles. The average Bonchev–Trinajstić information content (AvgIpc) is 1.97. The van der Waals surface area contributed by atoms with Crippen LogP contribution in [-0.4, -0.2) is 6.26 Å². The van der Waals surface area contributed by atoms with Gasteiger partial charge in [0.05, 0.1) is 4.47 Å². The Balaban J connectivity index is 3.21. The molecule has 0 saturated heterocycles. The summed E-state index contributed by atoms with van der Waals surface area (Å²) in [5.41, 5.74) is 0. The zero-order chi connectivity index (χ0) is 8.43. The van der Waals surface area contributed by atoms with E-state index in [0.717, 1.165) is 9.37 Å². The molecule has 11 heavy (non-hydrogen) atoms. The fourth-order valence-corrected chi connectivity index (χ4v) is 2.62. The van der Waals surface area contributed by atoms with Crippen molar-refractivity contribution in [2.75, 3.05) is 6.26 Å². The van der Waals surface area contributed by atoms with E-state index < -0.39 is 0 Å². The maximum Gasteiger partial charge on any atom is 0.138 e. The van der Waals surface area contributed by atoms with E-state index in [2.05, 4.69) is 31.9 Å². The van der Waals surface area contributed by atoms with Gasteiger partial charge >= 0.3 is 0 Å². The molecule has 4 heteroatoms. The molecule has 0 spiro atoms. The Morgan fingerprint density at radius 1 is 1.27 bits per heavy atom. The molecule has 0 aliphatic carbocycles. The van der Waals surface area contributed by atoms with Crippen molar-refractivity contribution in [3.05, 3.63) is 26.9 Å². The highest BCUT2D eigenvalue weighted by Crippen LogP contribution is 2.30. The molecule has 0 amide bonds. The molecule has 1 aromatic rings. The van der Waals surface area contributed by atoms with Gasteiger partial charge in [0.15, 0.2) is 0 Å². The van der Waals surface area contributed by atoms with E-state index in [1.165, 1.54) is 17.8 Å². The van der Waals surface area contributed by atoms with E-state index in [-0.39, 0.29) is 5.82 Å². The van der Waals surface area contributed by atoms with Crippen molar-refractivity contribution >= 4 is 43.6 Å². The molecule has 0 atom stereocenters. The van der Waals surface area contributed by atoms with Crippen LogP contribution in [0.2, 0.25) is 0 Å². The fraction of sp³-hybridized carbons (Fsp3) is 0.143. The minimum Gasteiger partial charge on any atom is -0.206 e. The lowest BCUT2D eigenvalue weighted by Crippen LogP contribution is -1.80. The monoisotopic (exact) mass is 298 g/mol.